The third kappa shape index (κ3) is 2.80. The smallest absolute Gasteiger partial charge is 0.190 e. The minimum Gasteiger partial charge on any atom is -0.326 e. The van der Waals surface area contributed by atoms with E-state index in [0.29, 0.717) is 12.5 Å². The SMILES string of the molecule is Cc1ccccc1N(C)c1nc(C(C)C)c(CN)s1. The van der Waals surface area contributed by atoms with Crippen molar-refractivity contribution in [3.8, 4) is 0 Å². The van der Waals surface area contributed by atoms with E-state index < -0.39 is 0 Å². The molecule has 2 aromatic rings. The first kappa shape index (κ1) is 14.0. The molecule has 0 saturated heterocycles. The summed E-state index contributed by atoms with van der Waals surface area (Å²) in [4.78, 5) is 8.09. The second kappa shape index (κ2) is 5.72. The lowest BCUT2D eigenvalue weighted by Gasteiger charge is -2.18. The topological polar surface area (TPSA) is 42.2 Å². The highest BCUT2D eigenvalue weighted by Crippen LogP contribution is 2.34. The Morgan fingerprint density at radius 3 is 2.53 bits per heavy atom. The second-order valence-corrected chi connectivity index (χ2v) is 6.07. The van der Waals surface area contributed by atoms with Crippen LogP contribution in [-0.4, -0.2) is 12.0 Å². The van der Waals surface area contributed by atoms with E-state index in [1.165, 1.54) is 16.1 Å². The van der Waals surface area contributed by atoms with E-state index in [-0.39, 0.29) is 0 Å². The number of rotatable bonds is 4. The van der Waals surface area contributed by atoms with Gasteiger partial charge in [0, 0.05) is 24.2 Å². The van der Waals surface area contributed by atoms with Gasteiger partial charge in [0.1, 0.15) is 0 Å². The summed E-state index contributed by atoms with van der Waals surface area (Å²) in [6.45, 7) is 7.00. The van der Waals surface area contributed by atoms with Gasteiger partial charge in [-0.25, -0.2) is 4.98 Å². The Hall–Kier alpha value is -1.39. The number of hydrogen-bond acceptors (Lipinski definition) is 4. The van der Waals surface area contributed by atoms with Crippen LogP contribution >= 0.6 is 11.3 Å². The summed E-state index contributed by atoms with van der Waals surface area (Å²) in [5.41, 5.74) is 9.39. The monoisotopic (exact) mass is 275 g/mol. The molecule has 1 aromatic carbocycles. The van der Waals surface area contributed by atoms with Crippen LogP contribution in [0.4, 0.5) is 10.8 Å². The lowest BCUT2D eigenvalue weighted by atomic mass is 10.1. The molecule has 0 aliphatic rings. The molecule has 19 heavy (non-hydrogen) atoms. The highest BCUT2D eigenvalue weighted by molar-refractivity contribution is 7.15. The summed E-state index contributed by atoms with van der Waals surface area (Å²) in [7, 11) is 2.06. The van der Waals surface area contributed by atoms with Crippen molar-refractivity contribution in [2.24, 2.45) is 5.73 Å². The minimum absolute atomic E-state index is 0.411. The fourth-order valence-electron chi connectivity index (χ4n) is 2.13. The highest BCUT2D eigenvalue weighted by atomic mass is 32.1. The molecule has 0 saturated carbocycles. The average molecular weight is 275 g/mol. The summed E-state index contributed by atoms with van der Waals surface area (Å²) in [5.74, 6) is 0.411. The van der Waals surface area contributed by atoms with E-state index in [4.69, 9.17) is 10.7 Å². The Labute approximate surface area is 119 Å². The Balaban J connectivity index is 2.39. The van der Waals surface area contributed by atoms with Crippen LogP contribution in [0, 0.1) is 6.92 Å². The van der Waals surface area contributed by atoms with E-state index >= 15 is 0 Å². The average Bonchev–Trinajstić information content (AvgIpc) is 2.83. The summed E-state index contributed by atoms with van der Waals surface area (Å²) in [6.07, 6.45) is 0. The number of benzene rings is 1. The summed E-state index contributed by atoms with van der Waals surface area (Å²) in [6, 6.07) is 8.35. The van der Waals surface area contributed by atoms with Crippen LogP contribution in [0.15, 0.2) is 24.3 Å². The van der Waals surface area contributed by atoms with Crippen molar-refractivity contribution < 1.29 is 0 Å². The van der Waals surface area contributed by atoms with Crippen LogP contribution in [0.3, 0.4) is 0 Å². The molecular weight excluding hydrogens is 254 g/mol. The standard InChI is InChI=1S/C15H21N3S/c1-10(2)14-13(9-16)19-15(17-14)18(4)12-8-6-5-7-11(12)3/h5-8,10H,9,16H2,1-4H3. The molecule has 3 nitrogen and oxygen atoms in total. The van der Waals surface area contributed by atoms with Crippen LogP contribution in [0.2, 0.25) is 0 Å². The molecule has 4 heteroatoms. The van der Waals surface area contributed by atoms with E-state index in [1.54, 1.807) is 11.3 Å². The van der Waals surface area contributed by atoms with E-state index in [1.807, 2.05) is 0 Å². The maximum atomic E-state index is 5.82. The molecule has 0 unspecified atom stereocenters. The van der Waals surface area contributed by atoms with Gasteiger partial charge in [-0.05, 0) is 24.5 Å². The molecule has 2 rings (SSSR count). The molecule has 0 aliphatic heterocycles. The van der Waals surface area contributed by atoms with Crippen LogP contribution in [0.1, 0.15) is 35.9 Å². The van der Waals surface area contributed by atoms with Gasteiger partial charge in [-0.3, -0.25) is 0 Å². The number of nitrogens with zero attached hydrogens (tertiary/aromatic N) is 2. The molecule has 0 amide bonds. The molecule has 0 radical (unpaired) electrons. The van der Waals surface area contributed by atoms with Crippen LogP contribution in [0.25, 0.3) is 0 Å². The molecule has 2 N–H and O–H groups in total. The molecule has 102 valence electrons. The zero-order chi connectivity index (χ0) is 14.0. The zero-order valence-electron chi connectivity index (χ0n) is 12.0. The molecular formula is C15H21N3S. The number of aromatic nitrogens is 1. The van der Waals surface area contributed by atoms with Gasteiger partial charge in [0.25, 0.3) is 0 Å². The van der Waals surface area contributed by atoms with Crippen molar-refractivity contribution in [2.45, 2.75) is 33.2 Å². The number of thiazole rings is 1. The normalized spacial score (nSPS) is 11.1. The van der Waals surface area contributed by atoms with Gasteiger partial charge >= 0.3 is 0 Å². The first-order valence-corrected chi connectivity index (χ1v) is 7.35. The second-order valence-electron chi connectivity index (χ2n) is 5.01. The first-order valence-electron chi connectivity index (χ1n) is 6.53. The fourth-order valence-corrected chi connectivity index (χ4v) is 3.20. The van der Waals surface area contributed by atoms with Gasteiger partial charge in [-0.1, -0.05) is 43.4 Å². The molecule has 0 spiro atoms. The number of para-hydroxylation sites is 1. The van der Waals surface area contributed by atoms with Crippen molar-refractivity contribution in [3.63, 3.8) is 0 Å². The van der Waals surface area contributed by atoms with Gasteiger partial charge in [-0.15, -0.1) is 0 Å². The molecule has 0 aliphatic carbocycles. The maximum absolute atomic E-state index is 5.82. The van der Waals surface area contributed by atoms with Crippen molar-refractivity contribution in [1.29, 1.82) is 0 Å². The van der Waals surface area contributed by atoms with Crippen molar-refractivity contribution in [1.82, 2.24) is 4.98 Å². The summed E-state index contributed by atoms with van der Waals surface area (Å²) in [5, 5.41) is 1.01. The summed E-state index contributed by atoms with van der Waals surface area (Å²) < 4.78 is 0. The predicted octanol–water partition coefficient (Wildman–Crippen LogP) is 3.80. The number of anilines is 2. The Kier molecular flexibility index (Phi) is 4.22. The Bertz CT molecular complexity index is 560. The predicted molar refractivity (Wildman–Crippen MR) is 83.3 cm³/mol. The zero-order valence-corrected chi connectivity index (χ0v) is 12.8. The maximum Gasteiger partial charge on any atom is 0.190 e. The molecule has 0 bridgehead atoms. The lowest BCUT2D eigenvalue weighted by Crippen LogP contribution is -2.10. The van der Waals surface area contributed by atoms with Crippen molar-refractivity contribution in [2.75, 3.05) is 11.9 Å². The highest BCUT2D eigenvalue weighted by Gasteiger charge is 2.17. The number of hydrogen-bond donors (Lipinski definition) is 1. The van der Waals surface area contributed by atoms with Crippen molar-refractivity contribution >= 4 is 22.2 Å². The lowest BCUT2D eigenvalue weighted by molar-refractivity contribution is 0.811. The Morgan fingerprint density at radius 1 is 1.32 bits per heavy atom. The third-order valence-corrected chi connectivity index (χ3v) is 4.38. The number of nitrogens with two attached hydrogens (primary N) is 1. The van der Waals surface area contributed by atoms with Crippen LogP contribution in [0.5, 0.6) is 0 Å². The van der Waals surface area contributed by atoms with Crippen molar-refractivity contribution in [3.05, 3.63) is 40.4 Å². The summed E-state index contributed by atoms with van der Waals surface area (Å²) >= 11 is 1.69. The minimum atomic E-state index is 0.411. The van der Waals surface area contributed by atoms with Gasteiger partial charge in [-0.2, -0.15) is 0 Å². The quantitative estimate of drug-likeness (QED) is 0.922. The van der Waals surface area contributed by atoms with Gasteiger partial charge in [0.05, 0.1) is 5.69 Å². The number of aryl methyl sites for hydroxylation is 1. The molecule has 1 heterocycles. The van der Waals surface area contributed by atoms with Crippen LogP contribution in [-0.2, 0) is 6.54 Å². The van der Waals surface area contributed by atoms with E-state index in [2.05, 4.69) is 57.0 Å². The first-order chi connectivity index (χ1) is 9.04. The largest absolute Gasteiger partial charge is 0.326 e. The van der Waals surface area contributed by atoms with Crippen LogP contribution < -0.4 is 10.6 Å². The Morgan fingerprint density at radius 2 is 2.00 bits per heavy atom. The van der Waals surface area contributed by atoms with E-state index in [0.717, 1.165) is 10.8 Å². The van der Waals surface area contributed by atoms with Gasteiger partial charge in [0.15, 0.2) is 5.13 Å². The third-order valence-electron chi connectivity index (χ3n) is 3.21. The van der Waals surface area contributed by atoms with Gasteiger partial charge in [0.2, 0.25) is 0 Å². The van der Waals surface area contributed by atoms with Gasteiger partial charge < -0.3 is 10.6 Å². The fraction of sp³-hybridized carbons (Fsp3) is 0.400. The molecule has 0 fully saturated rings. The van der Waals surface area contributed by atoms with E-state index in [9.17, 15) is 0 Å². The molecule has 0 atom stereocenters. The molecule has 1 aromatic heterocycles.